The van der Waals surface area contributed by atoms with Crippen LogP contribution in [-0.4, -0.2) is 96.1 Å². The number of nitrogen functional groups attached to an aromatic ring is 1. The zero-order valence-electron chi connectivity index (χ0n) is 23.4. The average molecular weight is 551 g/mol. The Morgan fingerprint density at radius 2 is 1.49 bits per heavy atom. The maximum Gasteiger partial charge on any atom is 0.180 e. The summed E-state index contributed by atoms with van der Waals surface area (Å²) in [7, 11) is 0. The van der Waals surface area contributed by atoms with Crippen molar-refractivity contribution in [3.63, 3.8) is 0 Å². The number of halogens is 1. The summed E-state index contributed by atoms with van der Waals surface area (Å²) in [5.74, 6) is -0.160. The molecule has 0 amide bonds. The van der Waals surface area contributed by atoms with E-state index >= 15 is 0 Å². The second-order valence-corrected chi connectivity index (χ2v) is 12.3. The molecule has 0 saturated carbocycles. The van der Waals surface area contributed by atoms with Crippen LogP contribution in [0.25, 0.3) is 11.3 Å². The zero-order valence-corrected chi connectivity index (χ0v) is 24.3. The van der Waals surface area contributed by atoms with Gasteiger partial charge in [-0.15, -0.1) is 11.3 Å². The van der Waals surface area contributed by atoms with Gasteiger partial charge in [-0.05, 0) is 50.9 Å². The van der Waals surface area contributed by atoms with Gasteiger partial charge in [0.15, 0.2) is 5.13 Å². The predicted molar refractivity (Wildman–Crippen MR) is 161 cm³/mol. The molecule has 8 heteroatoms. The summed E-state index contributed by atoms with van der Waals surface area (Å²) in [4.78, 5) is 16.3. The van der Waals surface area contributed by atoms with Gasteiger partial charge in [-0.2, -0.15) is 0 Å². The van der Waals surface area contributed by atoms with Crippen molar-refractivity contribution in [1.82, 2.24) is 24.6 Å². The van der Waals surface area contributed by atoms with Crippen molar-refractivity contribution in [2.24, 2.45) is 0 Å². The molecule has 2 N–H and O–H groups in total. The molecule has 3 aromatic rings. The lowest BCUT2D eigenvalue weighted by Gasteiger charge is -2.43. The van der Waals surface area contributed by atoms with Crippen molar-refractivity contribution in [3.8, 4) is 11.3 Å². The van der Waals surface area contributed by atoms with Crippen LogP contribution < -0.4 is 5.73 Å². The van der Waals surface area contributed by atoms with E-state index in [-0.39, 0.29) is 5.82 Å². The molecule has 0 bridgehead atoms. The highest BCUT2D eigenvalue weighted by molar-refractivity contribution is 7.15. The van der Waals surface area contributed by atoms with Gasteiger partial charge in [-0.25, -0.2) is 9.37 Å². The summed E-state index contributed by atoms with van der Waals surface area (Å²) in [6, 6.07) is 18.5. The summed E-state index contributed by atoms with van der Waals surface area (Å²) >= 11 is 1.63. The van der Waals surface area contributed by atoms with Crippen LogP contribution >= 0.6 is 11.3 Å². The molecule has 6 nitrogen and oxygen atoms in total. The number of hydrogen-bond donors (Lipinski definition) is 1. The summed E-state index contributed by atoms with van der Waals surface area (Å²) < 4.78 is 13.7. The predicted octanol–water partition coefficient (Wildman–Crippen LogP) is 4.85. The molecule has 210 valence electrons. The van der Waals surface area contributed by atoms with Crippen molar-refractivity contribution < 1.29 is 4.39 Å². The molecule has 2 aliphatic rings. The Balaban J connectivity index is 1.13. The lowest BCUT2D eigenvalue weighted by molar-refractivity contribution is 0.0481. The van der Waals surface area contributed by atoms with Gasteiger partial charge in [-0.1, -0.05) is 42.5 Å². The quantitative estimate of drug-likeness (QED) is 0.390. The van der Waals surface area contributed by atoms with E-state index in [4.69, 9.17) is 5.73 Å². The molecule has 39 heavy (non-hydrogen) atoms. The molecule has 0 aliphatic carbocycles. The van der Waals surface area contributed by atoms with Gasteiger partial charge in [0.2, 0.25) is 0 Å². The third-order valence-electron chi connectivity index (χ3n) is 8.31. The van der Waals surface area contributed by atoms with Crippen LogP contribution in [0.3, 0.4) is 0 Å². The van der Waals surface area contributed by atoms with E-state index in [2.05, 4.69) is 62.7 Å². The summed E-state index contributed by atoms with van der Waals surface area (Å²) in [5.41, 5.74) is 9.50. The Hall–Kier alpha value is -2.36. The second kappa shape index (κ2) is 13.3. The monoisotopic (exact) mass is 550 g/mol. The number of aromatic nitrogens is 1. The van der Waals surface area contributed by atoms with E-state index in [0.29, 0.717) is 17.2 Å². The van der Waals surface area contributed by atoms with Crippen LogP contribution in [0, 0.1) is 5.82 Å². The topological polar surface area (TPSA) is 51.9 Å². The van der Waals surface area contributed by atoms with Gasteiger partial charge < -0.3 is 10.6 Å². The van der Waals surface area contributed by atoms with Gasteiger partial charge in [0.25, 0.3) is 0 Å². The van der Waals surface area contributed by atoms with E-state index < -0.39 is 0 Å². The summed E-state index contributed by atoms with van der Waals surface area (Å²) in [5, 5.41) is 0.652. The minimum absolute atomic E-state index is 0.160. The molecule has 2 fully saturated rings. The fraction of sp³-hybridized carbons (Fsp3) is 0.516. The first-order chi connectivity index (χ1) is 19.0. The van der Waals surface area contributed by atoms with Crippen LogP contribution in [0.5, 0.6) is 0 Å². The third kappa shape index (κ3) is 7.44. The normalized spacial score (nSPS) is 19.1. The standard InChI is InChI=1S/C31H43FN6S/c1-24(2)37-19-21-38(22-20-37)28(25-10-12-27(32)13-11-25)23-36-17-15-35(16-18-36)14-6-9-29-30(34-31(33)39-29)26-7-4-3-5-8-26/h3-5,7-8,10-13,24,28H,6,9,14-23H2,1-2H3,(H2,33,34). The maximum absolute atomic E-state index is 13.7. The number of nitrogens with zero attached hydrogens (tertiary/aromatic N) is 5. The van der Waals surface area contributed by atoms with Crippen molar-refractivity contribution in [1.29, 1.82) is 0 Å². The number of anilines is 1. The fourth-order valence-corrected chi connectivity index (χ4v) is 6.84. The third-order valence-corrected chi connectivity index (χ3v) is 9.25. The number of nitrogens with two attached hydrogens (primary N) is 1. The molecule has 1 atom stereocenters. The van der Waals surface area contributed by atoms with Crippen LogP contribution in [0.4, 0.5) is 9.52 Å². The molecular formula is C31H43FN6S. The number of thiazole rings is 1. The first kappa shape index (κ1) is 28.2. The average Bonchev–Trinajstić information content (AvgIpc) is 3.34. The number of hydrogen-bond acceptors (Lipinski definition) is 7. The van der Waals surface area contributed by atoms with Gasteiger partial charge >= 0.3 is 0 Å². The Morgan fingerprint density at radius 1 is 0.846 bits per heavy atom. The lowest BCUT2D eigenvalue weighted by atomic mass is 10.0. The Kier molecular flexibility index (Phi) is 9.63. The highest BCUT2D eigenvalue weighted by atomic mass is 32.1. The molecule has 5 rings (SSSR count). The number of aryl methyl sites for hydroxylation is 1. The molecule has 1 aromatic heterocycles. The largest absolute Gasteiger partial charge is 0.375 e. The van der Waals surface area contributed by atoms with E-state index in [9.17, 15) is 4.39 Å². The van der Waals surface area contributed by atoms with E-state index in [1.165, 1.54) is 10.4 Å². The fourth-order valence-electron chi connectivity index (χ4n) is 5.95. The number of benzene rings is 2. The summed E-state index contributed by atoms with van der Waals surface area (Å²) in [6.07, 6.45) is 2.12. The smallest absolute Gasteiger partial charge is 0.180 e. The van der Waals surface area contributed by atoms with Crippen LogP contribution in [0.1, 0.15) is 36.8 Å². The van der Waals surface area contributed by atoms with E-state index in [1.807, 2.05) is 18.2 Å². The molecule has 3 heterocycles. The maximum atomic E-state index is 13.7. The Bertz CT molecular complexity index is 1150. The molecule has 0 radical (unpaired) electrons. The van der Waals surface area contributed by atoms with E-state index in [1.54, 1.807) is 23.5 Å². The Labute approximate surface area is 237 Å². The molecule has 2 saturated heterocycles. The second-order valence-electron chi connectivity index (χ2n) is 11.2. The molecular weight excluding hydrogens is 507 g/mol. The summed E-state index contributed by atoms with van der Waals surface area (Å²) in [6.45, 7) is 15.3. The van der Waals surface area contributed by atoms with E-state index in [0.717, 1.165) is 89.5 Å². The molecule has 2 aliphatic heterocycles. The van der Waals surface area contributed by atoms with Gasteiger partial charge in [-0.3, -0.25) is 14.7 Å². The molecule has 2 aromatic carbocycles. The van der Waals surface area contributed by atoms with Crippen molar-refractivity contribution in [2.75, 3.05) is 71.2 Å². The minimum Gasteiger partial charge on any atom is -0.375 e. The molecule has 1 unspecified atom stereocenters. The van der Waals surface area contributed by atoms with Crippen molar-refractivity contribution >= 4 is 16.5 Å². The van der Waals surface area contributed by atoms with Crippen molar-refractivity contribution in [2.45, 2.75) is 38.8 Å². The van der Waals surface area contributed by atoms with Gasteiger partial charge in [0.1, 0.15) is 5.82 Å². The lowest BCUT2D eigenvalue weighted by Crippen LogP contribution is -2.53. The van der Waals surface area contributed by atoms with Crippen LogP contribution in [0.2, 0.25) is 0 Å². The van der Waals surface area contributed by atoms with Crippen LogP contribution in [-0.2, 0) is 6.42 Å². The number of piperazine rings is 2. The SMILES string of the molecule is CC(C)N1CCN(C(CN2CCN(CCCc3sc(N)nc3-c3ccccc3)CC2)c2ccc(F)cc2)CC1. The first-order valence-corrected chi connectivity index (χ1v) is 15.3. The highest BCUT2D eigenvalue weighted by Gasteiger charge is 2.29. The van der Waals surface area contributed by atoms with Gasteiger partial charge in [0.05, 0.1) is 5.69 Å². The Morgan fingerprint density at radius 3 is 2.15 bits per heavy atom. The first-order valence-electron chi connectivity index (χ1n) is 14.4. The van der Waals surface area contributed by atoms with Crippen molar-refractivity contribution in [3.05, 3.63) is 70.9 Å². The highest BCUT2D eigenvalue weighted by Crippen LogP contribution is 2.31. The minimum atomic E-state index is -0.160. The van der Waals surface area contributed by atoms with Gasteiger partial charge in [0, 0.05) is 81.4 Å². The number of rotatable bonds is 10. The van der Waals surface area contributed by atoms with Crippen LogP contribution in [0.15, 0.2) is 54.6 Å². The zero-order chi connectivity index (χ0) is 27.2. The molecule has 0 spiro atoms.